The second kappa shape index (κ2) is 8.66. The summed E-state index contributed by atoms with van der Waals surface area (Å²) in [6.45, 7) is 2.42. The first kappa shape index (κ1) is 21.1. The summed E-state index contributed by atoms with van der Waals surface area (Å²) in [6, 6.07) is 14.7. The van der Waals surface area contributed by atoms with E-state index in [4.69, 9.17) is 9.47 Å². The maximum absolute atomic E-state index is 11.5. The molecule has 1 aliphatic carbocycles. The van der Waals surface area contributed by atoms with Crippen molar-refractivity contribution in [3.8, 4) is 11.5 Å². The zero-order valence-corrected chi connectivity index (χ0v) is 18.8. The molecule has 6 nitrogen and oxygen atoms in total. The Balaban J connectivity index is 1.43. The van der Waals surface area contributed by atoms with E-state index in [1.165, 1.54) is 29.7 Å². The summed E-state index contributed by atoms with van der Waals surface area (Å²) in [7, 11) is 1.71. The van der Waals surface area contributed by atoms with Gasteiger partial charge in [-0.15, -0.1) is 0 Å². The molecule has 2 aliphatic heterocycles. The molecule has 1 N–H and O–H groups in total. The number of carboxylic acids is 1. The summed E-state index contributed by atoms with van der Waals surface area (Å²) in [5.41, 5.74) is 3.65. The summed E-state index contributed by atoms with van der Waals surface area (Å²) < 4.78 is 12.2. The molecule has 5 rings (SSSR count). The summed E-state index contributed by atoms with van der Waals surface area (Å²) in [4.78, 5) is 16.0. The van der Waals surface area contributed by atoms with Crippen LogP contribution in [-0.2, 0) is 17.6 Å². The second-order valence-corrected chi connectivity index (χ2v) is 9.42. The van der Waals surface area contributed by atoms with Gasteiger partial charge >= 0.3 is 5.97 Å². The molecule has 6 heteroatoms. The Morgan fingerprint density at radius 2 is 1.94 bits per heavy atom. The van der Waals surface area contributed by atoms with E-state index in [0.29, 0.717) is 0 Å². The third kappa shape index (κ3) is 4.04. The molecule has 0 aromatic heterocycles. The highest BCUT2D eigenvalue weighted by atomic mass is 16.5. The van der Waals surface area contributed by atoms with Crippen LogP contribution in [0.2, 0.25) is 0 Å². The predicted molar refractivity (Wildman–Crippen MR) is 124 cm³/mol. The van der Waals surface area contributed by atoms with Gasteiger partial charge in [-0.05, 0) is 49.8 Å². The smallest absolute Gasteiger partial charge is 0.317 e. The van der Waals surface area contributed by atoms with E-state index in [1.54, 1.807) is 7.11 Å². The van der Waals surface area contributed by atoms with Crippen LogP contribution in [0.25, 0.3) is 0 Å². The molecule has 0 bridgehead atoms. The van der Waals surface area contributed by atoms with Crippen molar-refractivity contribution in [2.75, 3.05) is 38.2 Å². The lowest BCUT2D eigenvalue weighted by molar-refractivity contribution is -0.139. The lowest BCUT2D eigenvalue weighted by atomic mass is 9.93. The van der Waals surface area contributed by atoms with Crippen molar-refractivity contribution in [3.63, 3.8) is 0 Å². The molecule has 1 unspecified atom stereocenters. The van der Waals surface area contributed by atoms with Crippen LogP contribution >= 0.6 is 0 Å². The van der Waals surface area contributed by atoms with Gasteiger partial charge in [-0.25, -0.2) is 0 Å². The first-order valence-corrected chi connectivity index (χ1v) is 11.7. The van der Waals surface area contributed by atoms with Gasteiger partial charge in [0, 0.05) is 43.3 Å². The van der Waals surface area contributed by atoms with Crippen molar-refractivity contribution in [3.05, 3.63) is 53.6 Å². The Bertz CT molecular complexity index is 971. The number of rotatable bonds is 6. The lowest BCUT2D eigenvalue weighted by Gasteiger charge is -2.42. The molecule has 0 radical (unpaired) electrons. The molecule has 1 spiro atoms. The number of fused-ring (bicyclic) bond motifs is 1. The monoisotopic (exact) mass is 436 g/mol. The average molecular weight is 437 g/mol. The number of methoxy groups -OCH3 is 1. The molecule has 2 fully saturated rings. The van der Waals surface area contributed by atoms with Crippen LogP contribution in [0.4, 0.5) is 5.69 Å². The fraction of sp³-hybridized carbons (Fsp3) is 0.500. The van der Waals surface area contributed by atoms with E-state index in [9.17, 15) is 9.90 Å². The molecule has 170 valence electrons. The third-order valence-corrected chi connectivity index (χ3v) is 7.35. The molecule has 2 heterocycles. The standard InChI is InChI=1S/C26H32N2O4/c1-31-23-10-9-22(21-16-26(32-25(21)23)11-5-6-12-26)28-14-13-27(18-24(29)30)20(17-28)15-19-7-3-2-4-8-19/h2-4,7-10,20H,5-6,11-18H2,1H3,(H,29,30). The summed E-state index contributed by atoms with van der Waals surface area (Å²) in [5.74, 6) is 0.968. The molecule has 0 amide bonds. The van der Waals surface area contributed by atoms with Crippen molar-refractivity contribution in [1.82, 2.24) is 4.90 Å². The minimum absolute atomic E-state index is 0.0692. The van der Waals surface area contributed by atoms with Gasteiger partial charge in [-0.3, -0.25) is 9.69 Å². The zero-order chi connectivity index (χ0) is 22.1. The summed E-state index contributed by atoms with van der Waals surface area (Å²) in [5, 5.41) is 9.45. The van der Waals surface area contributed by atoms with Gasteiger partial charge in [0.05, 0.1) is 13.7 Å². The second-order valence-electron chi connectivity index (χ2n) is 9.42. The number of benzene rings is 2. The van der Waals surface area contributed by atoms with Crippen LogP contribution in [0.3, 0.4) is 0 Å². The van der Waals surface area contributed by atoms with E-state index in [1.807, 2.05) is 24.3 Å². The van der Waals surface area contributed by atoms with Crippen molar-refractivity contribution in [1.29, 1.82) is 0 Å². The van der Waals surface area contributed by atoms with Crippen LogP contribution in [0.5, 0.6) is 11.5 Å². The maximum atomic E-state index is 11.5. The van der Waals surface area contributed by atoms with Gasteiger partial charge in [0.2, 0.25) is 0 Å². The number of ether oxygens (including phenoxy) is 2. The SMILES string of the molecule is COc1ccc(N2CCN(CC(=O)O)C(Cc3ccccc3)C2)c2c1OC1(CCCC1)C2. The highest BCUT2D eigenvalue weighted by Gasteiger charge is 2.45. The first-order valence-electron chi connectivity index (χ1n) is 11.7. The Kier molecular flexibility index (Phi) is 5.72. The molecule has 1 atom stereocenters. The van der Waals surface area contributed by atoms with E-state index < -0.39 is 5.97 Å². The molecule has 32 heavy (non-hydrogen) atoms. The molecule has 2 aromatic carbocycles. The molecular weight excluding hydrogens is 404 g/mol. The van der Waals surface area contributed by atoms with Crippen LogP contribution in [0.15, 0.2) is 42.5 Å². The summed E-state index contributed by atoms with van der Waals surface area (Å²) in [6.07, 6.45) is 6.43. The molecule has 1 saturated carbocycles. The number of carbonyl (C=O) groups is 1. The normalized spacial score (nSPS) is 22.0. The van der Waals surface area contributed by atoms with Crippen LogP contribution in [0, 0.1) is 0 Å². The number of hydrogen-bond acceptors (Lipinski definition) is 5. The minimum Gasteiger partial charge on any atom is -0.493 e. The Hall–Kier alpha value is -2.73. The number of piperazine rings is 1. The van der Waals surface area contributed by atoms with Gasteiger partial charge in [0.25, 0.3) is 0 Å². The van der Waals surface area contributed by atoms with Crippen molar-refractivity contribution in [2.24, 2.45) is 0 Å². The van der Waals surface area contributed by atoms with Crippen LogP contribution in [0.1, 0.15) is 36.8 Å². The number of hydrogen-bond donors (Lipinski definition) is 1. The fourth-order valence-electron chi connectivity index (χ4n) is 5.78. The maximum Gasteiger partial charge on any atom is 0.317 e. The molecule has 1 saturated heterocycles. The van der Waals surface area contributed by atoms with Gasteiger partial charge < -0.3 is 19.5 Å². The first-order chi connectivity index (χ1) is 15.6. The van der Waals surface area contributed by atoms with Crippen molar-refractivity contribution < 1.29 is 19.4 Å². The minimum atomic E-state index is -0.765. The number of carboxylic acid groups (broad SMARTS) is 1. The summed E-state index contributed by atoms with van der Waals surface area (Å²) >= 11 is 0. The molecule has 3 aliphatic rings. The predicted octanol–water partition coefficient (Wildman–Crippen LogP) is 3.76. The number of anilines is 1. The fourth-order valence-corrected chi connectivity index (χ4v) is 5.78. The number of aliphatic carboxylic acids is 1. The zero-order valence-electron chi connectivity index (χ0n) is 18.8. The third-order valence-electron chi connectivity index (χ3n) is 7.35. The lowest BCUT2D eigenvalue weighted by Crippen LogP contribution is -2.55. The van der Waals surface area contributed by atoms with E-state index in [0.717, 1.165) is 56.8 Å². The van der Waals surface area contributed by atoms with Gasteiger partial charge in [0.15, 0.2) is 11.5 Å². The van der Waals surface area contributed by atoms with Crippen molar-refractivity contribution in [2.45, 2.75) is 50.2 Å². The van der Waals surface area contributed by atoms with Crippen LogP contribution in [-0.4, -0.2) is 60.9 Å². The quantitative estimate of drug-likeness (QED) is 0.744. The van der Waals surface area contributed by atoms with Crippen LogP contribution < -0.4 is 14.4 Å². The van der Waals surface area contributed by atoms with E-state index >= 15 is 0 Å². The van der Waals surface area contributed by atoms with Gasteiger partial charge in [-0.1, -0.05) is 30.3 Å². The van der Waals surface area contributed by atoms with Crippen molar-refractivity contribution >= 4 is 11.7 Å². The topological polar surface area (TPSA) is 62.2 Å². The van der Waals surface area contributed by atoms with Gasteiger partial charge in [0.1, 0.15) is 5.60 Å². The van der Waals surface area contributed by atoms with E-state index in [-0.39, 0.29) is 18.2 Å². The molecule has 2 aromatic rings. The average Bonchev–Trinajstić information content (AvgIpc) is 3.41. The molecular formula is C26H32N2O4. The Morgan fingerprint density at radius 1 is 1.16 bits per heavy atom. The van der Waals surface area contributed by atoms with Gasteiger partial charge in [-0.2, -0.15) is 0 Å². The largest absolute Gasteiger partial charge is 0.493 e. The Morgan fingerprint density at radius 3 is 2.66 bits per heavy atom. The Labute approximate surface area is 189 Å². The number of nitrogens with zero attached hydrogens (tertiary/aromatic N) is 2. The highest BCUT2D eigenvalue weighted by molar-refractivity contribution is 5.69. The highest BCUT2D eigenvalue weighted by Crippen LogP contribution is 2.51. The van der Waals surface area contributed by atoms with E-state index in [2.05, 4.69) is 28.0 Å².